The number of thioether (sulfide) groups is 1. The van der Waals surface area contributed by atoms with Crippen LogP contribution in [0.3, 0.4) is 0 Å². The molecule has 0 aliphatic rings. The van der Waals surface area contributed by atoms with Crippen molar-refractivity contribution in [3.63, 3.8) is 0 Å². The average molecular weight is 434 g/mol. The summed E-state index contributed by atoms with van der Waals surface area (Å²) in [7, 11) is 2.85. The normalized spacial score (nSPS) is 10.8. The van der Waals surface area contributed by atoms with Crippen molar-refractivity contribution in [2.75, 3.05) is 25.3 Å². The summed E-state index contributed by atoms with van der Waals surface area (Å²) in [4.78, 5) is 34.7. The summed E-state index contributed by atoms with van der Waals surface area (Å²) in [5.41, 5.74) is 1.15. The smallest absolute Gasteiger partial charge is 0.337 e. The van der Waals surface area contributed by atoms with Gasteiger partial charge in [0.1, 0.15) is 16.2 Å². The van der Waals surface area contributed by atoms with E-state index in [1.54, 1.807) is 11.3 Å². The molecule has 8 nitrogen and oxygen atoms in total. The van der Waals surface area contributed by atoms with Gasteiger partial charge in [0.2, 0.25) is 5.91 Å². The summed E-state index contributed by atoms with van der Waals surface area (Å²) in [6, 6.07) is 2.75. The maximum Gasteiger partial charge on any atom is 0.337 e. The molecule has 0 saturated heterocycles. The number of aryl methyl sites for hydroxylation is 2. The van der Waals surface area contributed by atoms with Crippen LogP contribution in [0.5, 0.6) is 11.5 Å². The van der Waals surface area contributed by atoms with Gasteiger partial charge in [0.15, 0.2) is 11.5 Å². The molecule has 0 saturated carbocycles. The summed E-state index contributed by atoms with van der Waals surface area (Å²) >= 11 is 2.86. The summed E-state index contributed by atoms with van der Waals surface area (Å²) in [6.07, 6.45) is 1.48. The number of nitrogens with zero attached hydrogens (tertiary/aromatic N) is 2. The second-order valence-electron chi connectivity index (χ2n) is 6.04. The molecule has 0 aliphatic carbocycles. The first-order chi connectivity index (χ1) is 13.8. The van der Waals surface area contributed by atoms with Crippen molar-refractivity contribution in [3.05, 3.63) is 34.5 Å². The minimum absolute atomic E-state index is 0.0633. The Morgan fingerprint density at radius 1 is 1.17 bits per heavy atom. The van der Waals surface area contributed by atoms with Crippen LogP contribution in [-0.4, -0.2) is 46.9 Å². The molecular weight excluding hydrogens is 414 g/mol. The van der Waals surface area contributed by atoms with Gasteiger partial charge in [-0.2, -0.15) is 0 Å². The maximum atomic E-state index is 12.5. The molecule has 152 valence electrons. The van der Waals surface area contributed by atoms with Gasteiger partial charge >= 0.3 is 5.97 Å². The van der Waals surface area contributed by atoms with Crippen molar-refractivity contribution in [3.8, 4) is 11.5 Å². The van der Waals surface area contributed by atoms with Crippen LogP contribution in [0.4, 0.5) is 5.69 Å². The van der Waals surface area contributed by atoms with E-state index in [-0.39, 0.29) is 28.7 Å². The fourth-order valence-electron chi connectivity index (χ4n) is 2.74. The van der Waals surface area contributed by atoms with E-state index < -0.39 is 5.97 Å². The molecule has 0 bridgehead atoms. The average Bonchev–Trinajstić information content (AvgIpc) is 3.00. The van der Waals surface area contributed by atoms with E-state index in [9.17, 15) is 14.7 Å². The largest absolute Gasteiger partial charge is 0.493 e. The summed E-state index contributed by atoms with van der Waals surface area (Å²) < 4.78 is 10.3. The zero-order valence-electron chi connectivity index (χ0n) is 16.2. The van der Waals surface area contributed by atoms with Crippen LogP contribution in [0.1, 0.15) is 20.8 Å². The van der Waals surface area contributed by atoms with Crippen LogP contribution in [0.15, 0.2) is 23.5 Å². The molecule has 0 radical (unpaired) electrons. The minimum atomic E-state index is -1.18. The SMILES string of the molecule is COc1cc(NC(=O)CSc2ncnc3sc(C)c(C)c23)c(C(=O)O)cc1OC. The standard InChI is InChI=1S/C19H19N3O5S2/c1-9-10(2)29-18-16(9)17(20-8-21-18)28-7-15(23)22-12-6-14(27-4)13(26-3)5-11(12)19(24)25/h5-6,8H,7H2,1-4H3,(H,22,23)(H,24,25). The number of ether oxygens (including phenoxy) is 2. The number of nitrogens with one attached hydrogen (secondary N) is 1. The van der Waals surface area contributed by atoms with E-state index >= 15 is 0 Å². The maximum absolute atomic E-state index is 12.5. The van der Waals surface area contributed by atoms with Crippen molar-refractivity contribution < 1.29 is 24.2 Å². The first-order valence-corrected chi connectivity index (χ1v) is 10.3. The van der Waals surface area contributed by atoms with Gasteiger partial charge in [-0.3, -0.25) is 4.79 Å². The van der Waals surface area contributed by atoms with Gasteiger partial charge in [-0.1, -0.05) is 11.8 Å². The van der Waals surface area contributed by atoms with Crippen molar-refractivity contribution in [1.82, 2.24) is 9.97 Å². The van der Waals surface area contributed by atoms with Gasteiger partial charge in [0, 0.05) is 22.4 Å². The topological polar surface area (TPSA) is 111 Å². The van der Waals surface area contributed by atoms with Gasteiger partial charge in [0.25, 0.3) is 0 Å². The number of anilines is 1. The molecule has 1 amide bonds. The van der Waals surface area contributed by atoms with Gasteiger partial charge in [-0.15, -0.1) is 11.3 Å². The lowest BCUT2D eigenvalue weighted by Gasteiger charge is -2.13. The number of carboxylic acids is 1. The van der Waals surface area contributed by atoms with E-state index in [4.69, 9.17) is 9.47 Å². The third-order valence-corrected chi connectivity index (χ3v) is 6.40. The number of carboxylic acid groups (broad SMARTS) is 1. The molecule has 0 spiro atoms. The van der Waals surface area contributed by atoms with Crippen molar-refractivity contribution >= 4 is 50.9 Å². The fraction of sp³-hybridized carbons (Fsp3) is 0.263. The Labute approximate surface area is 175 Å². The molecule has 29 heavy (non-hydrogen) atoms. The number of fused-ring (bicyclic) bond motifs is 1. The lowest BCUT2D eigenvalue weighted by molar-refractivity contribution is -0.113. The number of aromatic carboxylic acids is 1. The Hall–Kier alpha value is -2.85. The van der Waals surface area contributed by atoms with E-state index in [0.717, 1.165) is 25.7 Å². The Bertz CT molecular complexity index is 1100. The van der Waals surface area contributed by atoms with Gasteiger partial charge in [-0.25, -0.2) is 14.8 Å². The summed E-state index contributed by atoms with van der Waals surface area (Å²) in [5.74, 6) is -0.892. The van der Waals surface area contributed by atoms with Crippen LogP contribution in [-0.2, 0) is 4.79 Å². The molecule has 0 fully saturated rings. The number of carbonyl (C=O) groups excluding carboxylic acids is 1. The van der Waals surface area contributed by atoms with E-state index in [1.165, 1.54) is 44.4 Å². The minimum Gasteiger partial charge on any atom is -0.493 e. The summed E-state index contributed by atoms with van der Waals surface area (Å²) in [5, 5.41) is 13.8. The number of thiophene rings is 1. The number of hydrogen-bond donors (Lipinski definition) is 2. The fourth-order valence-corrected chi connectivity index (χ4v) is 4.66. The van der Waals surface area contributed by atoms with E-state index in [1.807, 2.05) is 13.8 Å². The number of carbonyl (C=O) groups is 2. The second-order valence-corrected chi connectivity index (χ2v) is 8.20. The van der Waals surface area contributed by atoms with Crippen molar-refractivity contribution in [2.24, 2.45) is 0 Å². The van der Waals surface area contributed by atoms with Gasteiger partial charge < -0.3 is 19.9 Å². The van der Waals surface area contributed by atoms with Crippen LogP contribution >= 0.6 is 23.1 Å². The number of amides is 1. The van der Waals surface area contributed by atoms with E-state index in [0.29, 0.717) is 5.75 Å². The second kappa shape index (κ2) is 8.66. The number of aromatic nitrogens is 2. The van der Waals surface area contributed by atoms with E-state index in [2.05, 4.69) is 15.3 Å². The lowest BCUT2D eigenvalue weighted by Crippen LogP contribution is -2.17. The van der Waals surface area contributed by atoms with Gasteiger partial charge in [0.05, 0.1) is 31.2 Å². The molecule has 10 heteroatoms. The highest BCUT2D eigenvalue weighted by Gasteiger charge is 2.19. The molecule has 2 N–H and O–H groups in total. The highest BCUT2D eigenvalue weighted by Crippen LogP contribution is 2.35. The summed E-state index contributed by atoms with van der Waals surface area (Å²) in [6.45, 7) is 4.03. The van der Waals surface area contributed by atoms with Crippen molar-refractivity contribution in [2.45, 2.75) is 18.9 Å². The Kier molecular flexibility index (Phi) is 6.23. The number of methoxy groups -OCH3 is 2. The molecule has 1 aromatic carbocycles. The predicted octanol–water partition coefficient (Wildman–Crippen LogP) is 3.75. The van der Waals surface area contributed by atoms with Crippen molar-refractivity contribution in [1.29, 1.82) is 0 Å². The Morgan fingerprint density at radius 2 is 1.86 bits per heavy atom. The monoisotopic (exact) mass is 433 g/mol. The van der Waals surface area contributed by atoms with Crippen LogP contribution in [0.25, 0.3) is 10.2 Å². The van der Waals surface area contributed by atoms with Gasteiger partial charge in [-0.05, 0) is 19.4 Å². The molecule has 3 aromatic rings. The molecule has 0 unspecified atom stereocenters. The number of benzene rings is 1. The molecule has 3 rings (SSSR count). The zero-order chi connectivity index (χ0) is 21.1. The zero-order valence-corrected chi connectivity index (χ0v) is 17.9. The highest BCUT2D eigenvalue weighted by atomic mass is 32.2. The first kappa shape index (κ1) is 20.9. The molecular formula is C19H19N3O5S2. The highest BCUT2D eigenvalue weighted by molar-refractivity contribution is 8.00. The van der Waals surface area contributed by atoms with Crippen LogP contribution in [0, 0.1) is 13.8 Å². The Morgan fingerprint density at radius 3 is 2.52 bits per heavy atom. The molecule has 0 aliphatic heterocycles. The first-order valence-electron chi connectivity index (χ1n) is 8.48. The third kappa shape index (κ3) is 4.28. The number of rotatable bonds is 7. The third-order valence-electron chi connectivity index (χ3n) is 4.30. The Balaban J connectivity index is 1.81. The lowest BCUT2D eigenvalue weighted by atomic mass is 10.1. The van der Waals surface area contributed by atoms with Crippen LogP contribution < -0.4 is 14.8 Å². The molecule has 2 aromatic heterocycles. The predicted molar refractivity (Wildman–Crippen MR) is 113 cm³/mol. The number of hydrogen-bond acceptors (Lipinski definition) is 8. The molecule has 0 atom stereocenters. The van der Waals surface area contributed by atoms with Crippen LogP contribution in [0.2, 0.25) is 0 Å². The quantitative estimate of drug-likeness (QED) is 0.428. The molecule has 2 heterocycles.